The van der Waals surface area contributed by atoms with Crippen LogP contribution in [0.4, 0.5) is 0 Å². The van der Waals surface area contributed by atoms with Crippen LogP contribution in [0.15, 0.2) is 61.3 Å². The Bertz CT molecular complexity index is 1180. The van der Waals surface area contributed by atoms with E-state index < -0.39 is 0 Å². The minimum Gasteiger partial charge on any atom is -0.488 e. The number of aromatic nitrogens is 2. The lowest BCUT2D eigenvalue weighted by atomic mass is 9.96. The molecule has 4 bridgehead atoms. The van der Waals surface area contributed by atoms with Gasteiger partial charge in [-0.2, -0.15) is 5.10 Å². The van der Waals surface area contributed by atoms with Gasteiger partial charge < -0.3 is 9.47 Å². The van der Waals surface area contributed by atoms with E-state index in [4.69, 9.17) is 9.47 Å². The molecule has 0 aliphatic carbocycles. The van der Waals surface area contributed by atoms with Gasteiger partial charge in [0.25, 0.3) is 0 Å². The molecule has 2 aromatic carbocycles. The SMILES string of the molecule is C=C1/C=C/c2ccccc2O[C@@H]2CCN(CCOc3c(cnn3C)-c3ccc(C)c1c3)C2. The van der Waals surface area contributed by atoms with E-state index in [1.54, 1.807) is 0 Å². The van der Waals surface area contributed by atoms with Crippen LogP contribution in [0.25, 0.3) is 22.8 Å². The molecule has 0 amide bonds. The van der Waals surface area contributed by atoms with E-state index in [1.165, 1.54) is 5.56 Å². The van der Waals surface area contributed by atoms with Crippen LogP contribution in [-0.2, 0) is 7.05 Å². The maximum atomic E-state index is 6.40. The Kier molecular flexibility index (Phi) is 5.58. The molecule has 5 rings (SSSR count). The van der Waals surface area contributed by atoms with Crippen LogP contribution >= 0.6 is 0 Å². The van der Waals surface area contributed by atoms with Gasteiger partial charge in [-0.1, -0.05) is 49.1 Å². The second kappa shape index (κ2) is 8.67. The third kappa shape index (κ3) is 4.08. The molecule has 0 spiro atoms. The molecule has 2 aliphatic heterocycles. The summed E-state index contributed by atoms with van der Waals surface area (Å²) in [5.74, 6) is 1.72. The Hall–Kier alpha value is -3.31. The summed E-state index contributed by atoms with van der Waals surface area (Å²) < 4.78 is 14.4. The Morgan fingerprint density at radius 3 is 2.84 bits per heavy atom. The van der Waals surface area contributed by atoms with Crippen molar-refractivity contribution >= 4 is 11.6 Å². The first-order chi connectivity index (χ1) is 15.6. The molecule has 3 heterocycles. The molecule has 5 heteroatoms. The zero-order chi connectivity index (χ0) is 22.1. The van der Waals surface area contributed by atoms with Crippen molar-refractivity contribution in [1.82, 2.24) is 14.7 Å². The maximum Gasteiger partial charge on any atom is 0.219 e. The highest BCUT2D eigenvalue weighted by Gasteiger charge is 2.25. The Morgan fingerprint density at radius 1 is 1.06 bits per heavy atom. The fourth-order valence-corrected chi connectivity index (χ4v) is 4.48. The Labute approximate surface area is 189 Å². The van der Waals surface area contributed by atoms with Crippen molar-refractivity contribution in [1.29, 1.82) is 0 Å². The van der Waals surface area contributed by atoms with E-state index >= 15 is 0 Å². The summed E-state index contributed by atoms with van der Waals surface area (Å²) in [6.07, 6.45) is 7.27. The van der Waals surface area contributed by atoms with Crippen LogP contribution in [0, 0.1) is 6.92 Å². The summed E-state index contributed by atoms with van der Waals surface area (Å²) in [6, 6.07) is 14.7. The van der Waals surface area contributed by atoms with Crippen LogP contribution in [0.2, 0.25) is 0 Å². The highest BCUT2D eigenvalue weighted by atomic mass is 16.5. The van der Waals surface area contributed by atoms with E-state index in [0.29, 0.717) is 6.61 Å². The molecule has 3 aromatic rings. The molecule has 0 radical (unpaired) electrons. The first-order valence-electron chi connectivity index (χ1n) is 11.2. The van der Waals surface area contributed by atoms with Gasteiger partial charge in [0.05, 0.1) is 11.8 Å². The third-order valence-electron chi connectivity index (χ3n) is 6.33. The fraction of sp³-hybridized carbons (Fsp3) is 0.296. The van der Waals surface area contributed by atoms with Gasteiger partial charge in [0.2, 0.25) is 5.88 Å². The summed E-state index contributed by atoms with van der Waals surface area (Å²) in [4.78, 5) is 2.41. The van der Waals surface area contributed by atoms with E-state index in [2.05, 4.69) is 66.0 Å². The van der Waals surface area contributed by atoms with E-state index in [1.807, 2.05) is 30.1 Å². The lowest BCUT2D eigenvalue weighted by Crippen LogP contribution is -2.29. The van der Waals surface area contributed by atoms with Crippen LogP contribution in [0.5, 0.6) is 11.6 Å². The van der Waals surface area contributed by atoms with Gasteiger partial charge in [-0.15, -0.1) is 0 Å². The Morgan fingerprint density at radius 2 is 1.94 bits per heavy atom. The molecular formula is C27H29N3O2. The van der Waals surface area contributed by atoms with Gasteiger partial charge in [0.1, 0.15) is 18.5 Å². The summed E-state index contributed by atoms with van der Waals surface area (Å²) in [5, 5.41) is 4.46. The second-order valence-corrected chi connectivity index (χ2v) is 8.59. The van der Waals surface area contributed by atoms with Gasteiger partial charge >= 0.3 is 0 Å². The fourth-order valence-electron chi connectivity index (χ4n) is 4.48. The average molecular weight is 428 g/mol. The first kappa shape index (κ1) is 20.6. The van der Waals surface area contributed by atoms with Crippen molar-refractivity contribution in [3.8, 4) is 22.8 Å². The summed E-state index contributed by atoms with van der Waals surface area (Å²) in [7, 11) is 1.93. The maximum absolute atomic E-state index is 6.40. The zero-order valence-corrected chi connectivity index (χ0v) is 18.8. The number of allylic oxidation sites excluding steroid dienone is 2. The van der Waals surface area contributed by atoms with Crippen LogP contribution < -0.4 is 9.47 Å². The largest absolute Gasteiger partial charge is 0.488 e. The molecule has 1 unspecified atom stereocenters. The number of hydrogen-bond donors (Lipinski definition) is 0. The molecule has 32 heavy (non-hydrogen) atoms. The topological polar surface area (TPSA) is 39.5 Å². The number of fused-ring (bicyclic) bond motifs is 7. The molecular weight excluding hydrogens is 398 g/mol. The highest BCUT2D eigenvalue weighted by molar-refractivity contribution is 5.82. The molecule has 0 N–H and O–H groups in total. The second-order valence-electron chi connectivity index (χ2n) is 8.59. The zero-order valence-electron chi connectivity index (χ0n) is 18.8. The van der Waals surface area contributed by atoms with Crippen LogP contribution in [-0.4, -0.2) is 47.0 Å². The van der Waals surface area contributed by atoms with Crippen molar-refractivity contribution in [3.05, 3.63) is 78.0 Å². The van der Waals surface area contributed by atoms with E-state index in [-0.39, 0.29) is 6.10 Å². The van der Waals surface area contributed by atoms with Crippen molar-refractivity contribution in [2.24, 2.45) is 7.05 Å². The molecule has 2 aliphatic rings. The van der Waals surface area contributed by atoms with Crippen LogP contribution in [0.1, 0.15) is 23.1 Å². The molecule has 1 saturated heterocycles. The number of benzene rings is 2. The minimum atomic E-state index is 0.188. The standard InChI is InChI=1S/C27H29N3O2/c1-19-8-10-21-6-4-5-7-26(21)32-23-12-13-30(18-23)14-15-31-27-25(17-28-29(27)3)22-11-9-20(2)24(19)16-22/h4-11,16-17,23H,1,12-15,18H2,2-3H3/b10-8+/t23-/m1/s1. The number of aryl methyl sites for hydroxylation is 2. The number of ether oxygens (including phenoxy) is 2. The molecule has 2 atom stereocenters. The monoisotopic (exact) mass is 427 g/mol. The van der Waals surface area contributed by atoms with Gasteiger partial charge in [-0.3, -0.25) is 4.90 Å². The van der Waals surface area contributed by atoms with E-state index in [9.17, 15) is 0 Å². The van der Waals surface area contributed by atoms with Crippen LogP contribution in [0.3, 0.4) is 0 Å². The average Bonchev–Trinajstić information content (AvgIpc) is 3.39. The number of para-hydroxylation sites is 1. The molecule has 0 saturated carbocycles. The summed E-state index contributed by atoms with van der Waals surface area (Å²) in [5.41, 5.74) is 6.41. The third-order valence-corrected chi connectivity index (χ3v) is 6.33. The normalized spacial score (nSPS) is 21.6. The minimum absolute atomic E-state index is 0.188. The van der Waals surface area contributed by atoms with Crippen molar-refractivity contribution < 1.29 is 9.47 Å². The number of rotatable bonds is 0. The highest BCUT2D eigenvalue weighted by Crippen LogP contribution is 2.33. The number of nitrogens with zero attached hydrogens (tertiary/aromatic N) is 3. The lowest BCUT2D eigenvalue weighted by molar-refractivity contribution is 0.183. The van der Waals surface area contributed by atoms with E-state index in [0.717, 1.165) is 65.5 Å². The first-order valence-corrected chi connectivity index (χ1v) is 11.2. The van der Waals surface area contributed by atoms with Gasteiger partial charge in [-0.25, -0.2) is 4.68 Å². The lowest BCUT2D eigenvalue weighted by Gasteiger charge is -2.18. The van der Waals surface area contributed by atoms with Gasteiger partial charge in [0, 0.05) is 32.2 Å². The Balaban J connectivity index is 1.56. The van der Waals surface area contributed by atoms with Crippen molar-refractivity contribution in [2.75, 3.05) is 26.2 Å². The summed E-state index contributed by atoms with van der Waals surface area (Å²) in [6.45, 7) is 9.87. The van der Waals surface area contributed by atoms with Gasteiger partial charge in [0.15, 0.2) is 0 Å². The molecule has 1 aromatic heterocycles. The summed E-state index contributed by atoms with van der Waals surface area (Å²) >= 11 is 0. The number of hydrogen-bond acceptors (Lipinski definition) is 4. The predicted molar refractivity (Wildman–Crippen MR) is 129 cm³/mol. The van der Waals surface area contributed by atoms with Crippen molar-refractivity contribution in [3.63, 3.8) is 0 Å². The van der Waals surface area contributed by atoms with Gasteiger partial charge in [-0.05, 0) is 47.7 Å². The quantitative estimate of drug-likeness (QED) is 0.508. The smallest absolute Gasteiger partial charge is 0.219 e. The molecule has 164 valence electrons. The van der Waals surface area contributed by atoms with Crippen molar-refractivity contribution in [2.45, 2.75) is 19.4 Å². The molecule has 5 nitrogen and oxygen atoms in total. The molecule has 1 fully saturated rings. The predicted octanol–water partition coefficient (Wildman–Crippen LogP) is 4.97.